The minimum atomic E-state index is -3.54. The molecule has 114 valence electrons. The first kappa shape index (κ1) is 16.3. The summed E-state index contributed by atoms with van der Waals surface area (Å²) in [5.74, 6) is 5.57. The normalized spacial score (nSPS) is 19.3. The molecule has 0 radical (unpaired) electrons. The fraction of sp³-hybridized carbons (Fsp3) is 0.467. The van der Waals surface area contributed by atoms with Crippen molar-refractivity contribution in [2.45, 2.75) is 37.1 Å². The standard InChI is InChI=1S/C15H19ClN2O2S/c1-2-13-6-4-10-18(13)21(19,20)15-8-7-12(5-3-9-17)11-14(15)16/h7-8,11,13H,2,4,6,9-10,17H2,1H3. The van der Waals surface area contributed by atoms with Gasteiger partial charge in [0, 0.05) is 18.2 Å². The topological polar surface area (TPSA) is 63.4 Å². The van der Waals surface area contributed by atoms with Crippen LogP contribution in [0.3, 0.4) is 0 Å². The average molecular weight is 327 g/mol. The maximum Gasteiger partial charge on any atom is 0.244 e. The third kappa shape index (κ3) is 3.41. The van der Waals surface area contributed by atoms with Crippen LogP contribution in [0.1, 0.15) is 31.7 Å². The fourth-order valence-corrected chi connectivity index (χ4v) is 4.89. The average Bonchev–Trinajstić information content (AvgIpc) is 2.94. The quantitative estimate of drug-likeness (QED) is 0.866. The van der Waals surface area contributed by atoms with Crippen LogP contribution in [-0.2, 0) is 10.0 Å². The first-order valence-corrected chi connectivity index (χ1v) is 8.82. The van der Waals surface area contributed by atoms with E-state index >= 15 is 0 Å². The van der Waals surface area contributed by atoms with Crippen molar-refractivity contribution in [3.8, 4) is 11.8 Å². The van der Waals surface area contributed by atoms with E-state index in [9.17, 15) is 8.42 Å². The van der Waals surface area contributed by atoms with Gasteiger partial charge in [-0.1, -0.05) is 30.4 Å². The second-order valence-electron chi connectivity index (χ2n) is 4.97. The number of rotatable bonds is 3. The van der Waals surface area contributed by atoms with Gasteiger partial charge in [-0.2, -0.15) is 4.31 Å². The van der Waals surface area contributed by atoms with Gasteiger partial charge in [-0.05, 0) is 37.5 Å². The van der Waals surface area contributed by atoms with Crippen molar-refractivity contribution >= 4 is 21.6 Å². The Kier molecular flexibility index (Phi) is 5.28. The van der Waals surface area contributed by atoms with E-state index in [1.54, 1.807) is 16.4 Å². The molecule has 6 heteroatoms. The molecule has 1 fully saturated rings. The molecule has 1 heterocycles. The highest BCUT2D eigenvalue weighted by molar-refractivity contribution is 7.89. The van der Waals surface area contributed by atoms with Crippen molar-refractivity contribution in [2.75, 3.05) is 13.1 Å². The second kappa shape index (κ2) is 6.80. The van der Waals surface area contributed by atoms with Gasteiger partial charge in [0.2, 0.25) is 10.0 Å². The van der Waals surface area contributed by atoms with Gasteiger partial charge in [0.1, 0.15) is 4.90 Å². The molecule has 21 heavy (non-hydrogen) atoms. The summed E-state index contributed by atoms with van der Waals surface area (Å²) in [7, 11) is -3.54. The van der Waals surface area contributed by atoms with Gasteiger partial charge in [-0.25, -0.2) is 8.42 Å². The first-order chi connectivity index (χ1) is 10.0. The van der Waals surface area contributed by atoms with Crippen molar-refractivity contribution < 1.29 is 8.42 Å². The summed E-state index contributed by atoms with van der Waals surface area (Å²) in [4.78, 5) is 0.155. The lowest BCUT2D eigenvalue weighted by molar-refractivity contribution is 0.379. The molecule has 1 aromatic rings. The zero-order chi connectivity index (χ0) is 15.5. The number of sulfonamides is 1. The Morgan fingerprint density at radius 2 is 2.24 bits per heavy atom. The van der Waals surface area contributed by atoms with Crippen molar-refractivity contribution in [3.05, 3.63) is 28.8 Å². The Hall–Kier alpha value is -1.06. The Morgan fingerprint density at radius 1 is 1.48 bits per heavy atom. The van der Waals surface area contributed by atoms with E-state index in [-0.39, 0.29) is 22.5 Å². The molecule has 4 nitrogen and oxygen atoms in total. The Labute approximate surface area is 131 Å². The highest BCUT2D eigenvalue weighted by Gasteiger charge is 2.35. The van der Waals surface area contributed by atoms with Crippen LogP contribution in [0.4, 0.5) is 0 Å². The molecule has 2 N–H and O–H groups in total. The van der Waals surface area contributed by atoms with Gasteiger partial charge in [0.05, 0.1) is 11.6 Å². The van der Waals surface area contributed by atoms with Gasteiger partial charge >= 0.3 is 0 Å². The number of hydrogen-bond acceptors (Lipinski definition) is 3. The monoisotopic (exact) mass is 326 g/mol. The Bertz CT molecular complexity index is 677. The van der Waals surface area contributed by atoms with Gasteiger partial charge in [0.25, 0.3) is 0 Å². The predicted molar refractivity (Wildman–Crippen MR) is 84.6 cm³/mol. The molecule has 0 spiro atoms. The highest BCUT2D eigenvalue weighted by Crippen LogP contribution is 2.31. The molecule has 1 unspecified atom stereocenters. The fourth-order valence-electron chi connectivity index (χ4n) is 2.60. The molecule has 1 atom stereocenters. The molecule has 1 aliphatic rings. The first-order valence-electron chi connectivity index (χ1n) is 7.01. The molecular weight excluding hydrogens is 308 g/mol. The van der Waals surface area contributed by atoms with Crippen LogP contribution in [0.2, 0.25) is 5.02 Å². The summed E-state index contributed by atoms with van der Waals surface area (Å²) in [6, 6.07) is 4.85. The Balaban J connectivity index is 2.37. The van der Waals surface area contributed by atoms with Crippen molar-refractivity contribution in [1.82, 2.24) is 4.31 Å². The van der Waals surface area contributed by atoms with Crippen molar-refractivity contribution in [3.63, 3.8) is 0 Å². The van der Waals surface area contributed by atoms with E-state index in [4.69, 9.17) is 17.3 Å². The molecule has 1 aromatic carbocycles. The molecule has 1 saturated heterocycles. The van der Waals surface area contributed by atoms with E-state index in [2.05, 4.69) is 11.8 Å². The summed E-state index contributed by atoms with van der Waals surface area (Å²) in [6.45, 7) is 2.82. The summed E-state index contributed by atoms with van der Waals surface area (Å²) in [5, 5.41) is 0.209. The van der Waals surface area contributed by atoms with Crippen molar-refractivity contribution in [2.24, 2.45) is 5.73 Å². The van der Waals surface area contributed by atoms with Crippen LogP contribution in [0.5, 0.6) is 0 Å². The largest absolute Gasteiger partial charge is 0.320 e. The summed E-state index contributed by atoms with van der Waals surface area (Å²) < 4.78 is 27.0. The zero-order valence-corrected chi connectivity index (χ0v) is 13.5. The van der Waals surface area contributed by atoms with Gasteiger partial charge < -0.3 is 5.73 Å². The van der Waals surface area contributed by atoms with Crippen LogP contribution >= 0.6 is 11.6 Å². The third-order valence-corrected chi connectivity index (χ3v) is 6.08. The highest BCUT2D eigenvalue weighted by atomic mass is 35.5. The molecular formula is C15H19ClN2O2S. The third-order valence-electron chi connectivity index (χ3n) is 3.65. The minimum Gasteiger partial charge on any atom is -0.320 e. The maximum absolute atomic E-state index is 12.7. The van der Waals surface area contributed by atoms with Crippen LogP contribution in [0.25, 0.3) is 0 Å². The SMILES string of the molecule is CCC1CCCN1S(=O)(=O)c1ccc(C#CCN)cc1Cl. The predicted octanol–water partition coefficient (Wildman–Crippen LogP) is 2.21. The lowest BCUT2D eigenvalue weighted by Crippen LogP contribution is -2.35. The van der Waals surface area contributed by atoms with Gasteiger partial charge in [-0.15, -0.1) is 0 Å². The zero-order valence-electron chi connectivity index (χ0n) is 12.0. The lowest BCUT2D eigenvalue weighted by atomic mass is 10.2. The number of benzene rings is 1. The lowest BCUT2D eigenvalue weighted by Gasteiger charge is -2.23. The van der Waals surface area contributed by atoms with Crippen LogP contribution in [0, 0.1) is 11.8 Å². The summed E-state index contributed by atoms with van der Waals surface area (Å²) in [6.07, 6.45) is 2.62. The number of nitrogens with zero attached hydrogens (tertiary/aromatic N) is 1. The molecule has 0 aliphatic carbocycles. The van der Waals surface area contributed by atoms with Crippen LogP contribution < -0.4 is 5.73 Å². The number of halogens is 1. The summed E-state index contributed by atoms with van der Waals surface area (Å²) in [5.41, 5.74) is 5.98. The molecule has 0 aromatic heterocycles. The maximum atomic E-state index is 12.7. The van der Waals surface area contributed by atoms with Crippen molar-refractivity contribution in [1.29, 1.82) is 0 Å². The second-order valence-corrected chi connectivity index (χ2v) is 7.24. The van der Waals surface area contributed by atoms with E-state index in [0.29, 0.717) is 12.1 Å². The van der Waals surface area contributed by atoms with E-state index in [1.807, 2.05) is 6.92 Å². The number of nitrogens with two attached hydrogens (primary N) is 1. The van der Waals surface area contributed by atoms with Crippen LogP contribution in [-0.4, -0.2) is 31.9 Å². The van der Waals surface area contributed by atoms with E-state index in [1.165, 1.54) is 6.07 Å². The molecule has 0 saturated carbocycles. The van der Waals surface area contributed by atoms with Crippen LogP contribution in [0.15, 0.2) is 23.1 Å². The van der Waals surface area contributed by atoms with E-state index < -0.39 is 10.0 Å². The Morgan fingerprint density at radius 3 is 2.86 bits per heavy atom. The molecule has 1 aliphatic heterocycles. The molecule has 2 rings (SSSR count). The molecule has 0 bridgehead atoms. The van der Waals surface area contributed by atoms with Gasteiger partial charge in [0.15, 0.2) is 0 Å². The number of hydrogen-bond donors (Lipinski definition) is 1. The van der Waals surface area contributed by atoms with E-state index in [0.717, 1.165) is 19.3 Å². The molecule has 0 amide bonds. The smallest absolute Gasteiger partial charge is 0.244 e. The minimum absolute atomic E-state index is 0.0720. The van der Waals surface area contributed by atoms with Gasteiger partial charge in [-0.3, -0.25) is 0 Å². The summed E-state index contributed by atoms with van der Waals surface area (Å²) >= 11 is 6.16.